The molecule has 0 spiro atoms. The van der Waals surface area contributed by atoms with Gasteiger partial charge in [0.15, 0.2) is 109 Å². The summed E-state index contributed by atoms with van der Waals surface area (Å²) in [5, 5.41) is 62.2. The lowest BCUT2D eigenvalue weighted by molar-refractivity contribution is 0.101. The van der Waals surface area contributed by atoms with Crippen molar-refractivity contribution in [2.24, 2.45) is 35.5 Å². The third kappa shape index (κ3) is 16.8. The summed E-state index contributed by atoms with van der Waals surface area (Å²) in [6.45, 7) is 47.9. The number of fused-ring (bicyclic) bond motifs is 6. The first-order valence-corrected chi connectivity index (χ1v) is 58.4. The van der Waals surface area contributed by atoms with Crippen molar-refractivity contribution in [2.45, 2.75) is 181 Å². The summed E-state index contributed by atoms with van der Waals surface area (Å²) < 4.78 is 33.0. The van der Waals surface area contributed by atoms with Crippen LogP contribution in [0.3, 0.4) is 0 Å². The molecule has 18 rings (SSSR count). The highest BCUT2D eigenvalue weighted by molar-refractivity contribution is 6.87. The number of nitrogen functional groups attached to an aromatic ring is 6. The van der Waals surface area contributed by atoms with Gasteiger partial charge >= 0.3 is 0 Å². The van der Waals surface area contributed by atoms with Gasteiger partial charge in [-0.1, -0.05) is 46.9 Å². The Bertz CT molecular complexity index is 6900. The maximum atomic E-state index is 12.9. The highest BCUT2D eigenvalue weighted by Crippen LogP contribution is 2.60. The van der Waals surface area contributed by atoms with E-state index in [1.54, 1.807) is 36.2 Å². The van der Waals surface area contributed by atoms with Crippen molar-refractivity contribution in [1.82, 2.24) is 117 Å². The fourth-order valence-corrected chi connectivity index (χ4v) is 47.0. The van der Waals surface area contributed by atoms with E-state index in [0.717, 1.165) is 27.9 Å². The Hall–Kier alpha value is -11.9. The predicted octanol–water partition coefficient (Wildman–Crippen LogP) is 4.84. The van der Waals surface area contributed by atoms with Crippen molar-refractivity contribution in [3.05, 3.63) is 173 Å². The van der Waals surface area contributed by atoms with Gasteiger partial charge in [-0.05, 0) is 165 Å². The number of aromatic amines is 6. The molecular weight excluding hydrogens is 1800 g/mol. The molecule has 12 aromatic rings. The van der Waals surface area contributed by atoms with E-state index in [0.29, 0.717) is 84.6 Å². The number of H-pyrrole nitrogens is 6. The SMILES string of the molecule is C.C=C1C(n2cnc3c(=O)[nH]c(N)nc32)C[C@H](O)[C@H]1CO.C=C1[C@H](CO)[C@@H]([Si](C)(C)OC[C@H]2C(=C)[C@@H](n3cnc4c(=O)[nH]c(N)nc43)C[C@@H]2[Si](C)(C)O[Si](C)(C)[C@H]2C[C@H](n3cnc4c(=O)[nH]c(N)nc43)C(=C)[C@@H]2CO)C[C@@H]1n1cnc2c(=O)[nH]c(N)nc21.C=C1[C@H](CO)[C@@H]([Si](C)(C)O[Si](C)(C)[C@H]2C[C@H](n3cnc4c(=O)[nH]c(N)nc43)C(=C)[C@@H]2CO)C[C@@H]1n1cnc2c(=O)[nH]c(N)nc21. The van der Waals surface area contributed by atoms with Gasteiger partial charge in [0.2, 0.25) is 35.7 Å². The zero-order valence-corrected chi connectivity index (χ0v) is 80.0. The first-order valence-electron chi connectivity index (χ1n) is 43.5. The van der Waals surface area contributed by atoms with Crippen LogP contribution in [0.2, 0.25) is 93.2 Å². The first kappa shape index (κ1) is 95.7. The van der Waals surface area contributed by atoms with Crippen molar-refractivity contribution in [3.8, 4) is 0 Å². The number of anilines is 6. The van der Waals surface area contributed by atoms with Gasteiger partial charge in [0.1, 0.15) is 0 Å². The monoisotopic (exact) mass is 1910 g/mol. The van der Waals surface area contributed by atoms with Gasteiger partial charge in [0.25, 0.3) is 33.4 Å². The summed E-state index contributed by atoms with van der Waals surface area (Å²) >= 11 is 0. The molecule has 24 N–H and O–H groups in total. The Labute approximate surface area is 764 Å². The van der Waals surface area contributed by atoms with Gasteiger partial charge in [-0.2, -0.15) is 29.9 Å². The number of rotatable bonds is 23. The van der Waals surface area contributed by atoms with Crippen LogP contribution in [0, 0.1) is 35.5 Å². The zero-order valence-electron chi connectivity index (χ0n) is 75.0. The summed E-state index contributed by atoms with van der Waals surface area (Å²) in [6, 6.07) is -1.69. The van der Waals surface area contributed by atoms with Crippen molar-refractivity contribution in [1.29, 1.82) is 0 Å². The summed E-state index contributed by atoms with van der Waals surface area (Å²) in [6.07, 6.45) is 12.2. The van der Waals surface area contributed by atoms with Crippen LogP contribution in [-0.4, -0.2) is 235 Å². The number of nitrogens with one attached hydrogen (secondary N) is 6. The Morgan fingerprint density at radius 3 is 0.699 bits per heavy atom. The Kier molecular flexibility index (Phi) is 25.5. The lowest BCUT2D eigenvalue weighted by Gasteiger charge is -2.44. The van der Waals surface area contributed by atoms with E-state index in [1.807, 2.05) is 22.8 Å². The molecule has 6 saturated carbocycles. The van der Waals surface area contributed by atoms with Gasteiger partial charge in [-0.15, -0.1) is 0 Å². The number of imidazole rings is 6. The standard InChI is InChI=1S/C42H59N15O7Si3.C28H40N10O5Si2.C12H15N5O3.CH4/c1-19-22(13-58)28(10-25(19)55-16-46-31-34(55)49-40(43)52-37(31)60)65(4,5)63-15-24-21(3)27(57-18-48-33-36(57)51-42(45)54-39(33)62)12-30(24)67(8,9)64-66(6,7)29-11-26(20(2)23(29)14-59)56-17-47-32-35(56)50-41(44)53-38(32)61;1-13-15(9-39)19(7-17(13)37-11-31-21-23(37)33-27(29)35-25(21)41)44(3,4)43-45(5,6)20-8-18(14(2)16(20)10-40)38-12-32-22-24(38)34-28(30)36-26(22)42;1-5-6(3-18)8(19)2-7(5)17-4-14-9-10(17)15-12(13)16-11(9)20;/h16-18,22-30,58-59H,1-3,10-15H2,4-9H3,(H3,43,49,52,60)(H3,44,50,53,61)(H3,45,51,54,62);11-12,15-20,39-40H,1-2,7-10H2,3-6H3,(H3,29,33,35,41)(H3,30,34,36,42);4,6-8,18-19H,1-3H2,(H3,13,15,16,20);1H4/t22-,23-,24-,25-,26-,27-,28-,29-,30-;15-,16-,17-,18-,19-,20-;6-,7?,8-;/m000./s1. The quantitative estimate of drug-likeness (QED) is 0.0301. The summed E-state index contributed by atoms with van der Waals surface area (Å²) in [5.74, 6) is -1.62. The number of nitrogens with two attached hydrogens (primary N) is 6. The van der Waals surface area contributed by atoms with E-state index in [2.05, 4.69) is 188 Å². The fraction of sp³-hybridized carbons (Fsp3) is 0.494. The summed E-state index contributed by atoms with van der Waals surface area (Å²) in [7, 11) is -13.4. The number of hydrogen-bond acceptors (Lipinski definition) is 33. The number of aromatic nitrogens is 24. The summed E-state index contributed by atoms with van der Waals surface area (Å²) in [4.78, 5) is 142. The first-order chi connectivity index (χ1) is 62.3. The molecule has 0 radical (unpaired) electrons. The van der Waals surface area contributed by atoms with Crippen LogP contribution in [0.4, 0.5) is 35.7 Å². The van der Waals surface area contributed by atoms with Crippen LogP contribution < -0.4 is 67.8 Å². The lowest BCUT2D eigenvalue weighted by Crippen LogP contribution is -2.52. The molecule has 18 atom stereocenters. The molecule has 45 nitrogen and oxygen atoms in total. The average molecular weight is 1920 g/mol. The fourth-order valence-electron chi connectivity index (χ4n) is 22.5. The topological polar surface area (TPSA) is 687 Å². The van der Waals surface area contributed by atoms with Gasteiger partial charge in [0.05, 0.1) is 86.9 Å². The van der Waals surface area contributed by atoms with Crippen LogP contribution in [-0.2, 0) is 12.7 Å². The van der Waals surface area contributed by atoms with E-state index >= 15 is 0 Å². The molecule has 0 aromatic carbocycles. The molecule has 6 aliphatic rings. The molecule has 6 aliphatic carbocycles. The molecular formula is C83H118N30O15Si5. The third-order valence-corrected chi connectivity index (χ3v) is 50.5. The smallest absolute Gasteiger partial charge is 0.280 e. The van der Waals surface area contributed by atoms with Gasteiger partial charge < -0.3 is 105 Å². The van der Waals surface area contributed by atoms with E-state index in [4.69, 9.17) is 53.6 Å². The minimum Gasteiger partial charge on any atom is -0.455 e. The highest BCUT2D eigenvalue weighted by Gasteiger charge is 2.58. The van der Waals surface area contributed by atoms with E-state index in [9.17, 15) is 59.4 Å². The van der Waals surface area contributed by atoms with Gasteiger partial charge in [-0.25, -0.2) is 29.9 Å². The van der Waals surface area contributed by atoms with Crippen LogP contribution in [0.1, 0.15) is 82.2 Å². The predicted molar refractivity (Wildman–Crippen MR) is 516 cm³/mol. The van der Waals surface area contributed by atoms with Crippen molar-refractivity contribution < 1.29 is 43.3 Å². The molecule has 50 heteroatoms. The van der Waals surface area contributed by atoms with E-state index < -0.39 is 81.0 Å². The molecule has 0 saturated heterocycles. The van der Waals surface area contributed by atoms with Gasteiger partial charge in [0, 0.05) is 68.5 Å². The Morgan fingerprint density at radius 2 is 0.496 bits per heavy atom. The van der Waals surface area contributed by atoms with Crippen molar-refractivity contribution in [3.63, 3.8) is 0 Å². The third-order valence-electron chi connectivity index (χ3n) is 29.0. The second-order valence-electron chi connectivity index (χ2n) is 38.3. The molecule has 6 fully saturated rings. The summed E-state index contributed by atoms with van der Waals surface area (Å²) in [5.41, 5.74) is 40.6. The van der Waals surface area contributed by atoms with Crippen LogP contribution in [0.25, 0.3) is 67.0 Å². The number of hydrogen-bond donors (Lipinski definition) is 18. The lowest BCUT2D eigenvalue weighted by atomic mass is 10.0. The van der Waals surface area contributed by atoms with E-state index in [-0.39, 0.29) is 209 Å². The molecule has 1 unspecified atom stereocenters. The van der Waals surface area contributed by atoms with Gasteiger partial charge in [-0.3, -0.25) is 58.7 Å². The average Bonchev–Trinajstić information content (AvgIpc) is 1.59. The van der Waals surface area contributed by atoms with Crippen molar-refractivity contribution in [2.75, 3.05) is 74.0 Å². The second kappa shape index (κ2) is 35.5. The van der Waals surface area contributed by atoms with Crippen LogP contribution >= 0.6 is 0 Å². The zero-order chi connectivity index (χ0) is 95.3. The molecule has 133 heavy (non-hydrogen) atoms. The minimum atomic E-state index is -2.80. The Morgan fingerprint density at radius 1 is 0.316 bits per heavy atom. The molecule has 0 aliphatic heterocycles. The molecule has 0 amide bonds. The molecule has 0 bridgehead atoms. The normalized spacial score (nSPS) is 26.1. The number of nitrogens with zero attached hydrogens (tertiary/aromatic N) is 18. The largest absolute Gasteiger partial charge is 0.455 e. The molecule has 12 aromatic heterocycles. The molecule has 12 heterocycles. The maximum absolute atomic E-state index is 12.9. The highest BCUT2D eigenvalue weighted by atomic mass is 28.4. The maximum Gasteiger partial charge on any atom is 0.280 e. The second-order valence-corrected chi connectivity index (χ2v) is 60.0. The van der Waals surface area contributed by atoms with Crippen LogP contribution in [0.5, 0.6) is 0 Å². The van der Waals surface area contributed by atoms with E-state index in [1.165, 1.54) is 6.33 Å². The molecule has 710 valence electrons. The number of aliphatic hydroxyl groups excluding tert-OH is 6. The number of aliphatic hydroxyl groups is 6. The van der Waals surface area contributed by atoms with Crippen molar-refractivity contribution >= 4 is 144 Å². The Balaban J connectivity index is 0.000000174. The van der Waals surface area contributed by atoms with Crippen LogP contribution in [0.15, 0.2) is 140 Å². The minimum absolute atomic E-state index is 0.